The van der Waals surface area contributed by atoms with Gasteiger partial charge in [-0.15, -0.1) is 0 Å². The number of nitrogens with one attached hydrogen (secondary N) is 1. The molecule has 0 aliphatic carbocycles. The van der Waals surface area contributed by atoms with Crippen LogP contribution in [0.15, 0.2) is 0 Å². The molecule has 0 aromatic rings. The summed E-state index contributed by atoms with van der Waals surface area (Å²) in [4.78, 5) is 11.4. The van der Waals surface area contributed by atoms with E-state index in [0.29, 0.717) is 19.4 Å². The Morgan fingerprint density at radius 3 is 1.71 bits per heavy atom. The molecule has 0 aromatic heterocycles. The van der Waals surface area contributed by atoms with Crippen LogP contribution in [-0.4, -0.2) is 24.2 Å². The number of aliphatic hydroxyl groups excluding tert-OH is 1. The maximum absolute atomic E-state index is 11.4. The van der Waals surface area contributed by atoms with E-state index < -0.39 is 0 Å². The molecule has 0 saturated carbocycles. The number of hydrogen-bond acceptors (Lipinski definition) is 2. The number of aliphatic hydroxyl groups is 1. The van der Waals surface area contributed by atoms with Crippen LogP contribution in [0.4, 0.5) is 0 Å². The van der Waals surface area contributed by atoms with E-state index in [1.165, 1.54) is 70.6 Å². The third-order valence-electron chi connectivity index (χ3n) is 3.91. The van der Waals surface area contributed by atoms with Gasteiger partial charge in [0.2, 0.25) is 5.91 Å². The molecule has 0 bridgehead atoms. The van der Waals surface area contributed by atoms with Crippen LogP contribution in [0.3, 0.4) is 0 Å². The molecule has 0 fully saturated rings. The lowest BCUT2D eigenvalue weighted by Crippen LogP contribution is -2.24. The van der Waals surface area contributed by atoms with Crippen molar-refractivity contribution >= 4 is 5.91 Å². The predicted octanol–water partition coefficient (Wildman–Crippen LogP) is 4.58. The number of rotatable bonds is 16. The van der Waals surface area contributed by atoms with E-state index in [4.69, 9.17) is 5.11 Å². The number of carbonyl (C=O) groups is 1. The molecule has 0 radical (unpaired) electrons. The van der Waals surface area contributed by atoms with Gasteiger partial charge in [0.05, 0.1) is 0 Å². The van der Waals surface area contributed by atoms with Crippen molar-refractivity contribution in [2.24, 2.45) is 0 Å². The van der Waals surface area contributed by atoms with E-state index in [9.17, 15) is 4.79 Å². The van der Waals surface area contributed by atoms with Crippen molar-refractivity contribution in [1.29, 1.82) is 0 Å². The van der Waals surface area contributed by atoms with Crippen LogP contribution >= 0.6 is 0 Å². The Labute approximate surface area is 131 Å². The Hall–Kier alpha value is -0.570. The van der Waals surface area contributed by atoms with Crippen molar-refractivity contribution in [2.45, 2.75) is 96.8 Å². The fourth-order valence-electron chi connectivity index (χ4n) is 2.52. The first-order valence-corrected chi connectivity index (χ1v) is 9.18. The van der Waals surface area contributed by atoms with Crippen LogP contribution in [0.25, 0.3) is 0 Å². The Morgan fingerprint density at radius 1 is 0.762 bits per heavy atom. The van der Waals surface area contributed by atoms with Gasteiger partial charge in [0, 0.05) is 19.6 Å². The molecule has 0 aromatic carbocycles. The molecular formula is C18H37NO2. The Balaban J connectivity index is 3.06. The smallest absolute Gasteiger partial charge is 0.219 e. The van der Waals surface area contributed by atoms with Crippen molar-refractivity contribution in [1.82, 2.24) is 5.32 Å². The van der Waals surface area contributed by atoms with Gasteiger partial charge in [-0.3, -0.25) is 4.79 Å². The van der Waals surface area contributed by atoms with E-state index in [-0.39, 0.29) is 12.5 Å². The zero-order chi connectivity index (χ0) is 15.6. The second-order valence-electron chi connectivity index (χ2n) is 6.07. The second-order valence-corrected chi connectivity index (χ2v) is 6.07. The van der Waals surface area contributed by atoms with Gasteiger partial charge in [-0.25, -0.2) is 0 Å². The normalized spacial score (nSPS) is 10.8. The van der Waals surface area contributed by atoms with Gasteiger partial charge in [0.25, 0.3) is 0 Å². The molecule has 3 heteroatoms. The zero-order valence-corrected chi connectivity index (χ0v) is 14.2. The van der Waals surface area contributed by atoms with E-state index in [1.807, 2.05) is 0 Å². The van der Waals surface area contributed by atoms with E-state index >= 15 is 0 Å². The van der Waals surface area contributed by atoms with E-state index in [1.54, 1.807) is 0 Å². The van der Waals surface area contributed by atoms with Gasteiger partial charge >= 0.3 is 0 Å². The Kier molecular flexibility index (Phi) is 17.0. The molecule has 0 aliphatic heterocycles. The maximum Gasteiger partial charge on any atom is 0.219 e. The largest absolute Gasteiger partial charge is 0.396 e. The van der Waals surface area contributed by atoms with Gasteiger partial charge in [-0.05, 0) is 12.8 Å². The molecule has 0 aliphatic rings. The lowest BCUT2D eigenvalue weighted by atomic mass is 10.0. The highest BCUT2D eigenvalue weighted by Gasteiger charge is 2.00. The third-order valence-corrected chi connectivity index (χ3v) is 3.91. The second kappa shape index (κ2) is 17.5. The number of carbonyl (C=O) groups excluding carboxylic acids is 1. The maximum atomic E-state index is 11.4. The summed E-state index contributed by atoms with van der Waals surface area (Å²) in [7, 11) is 0. The van der Waals surface area contributed by atoms with Gasteiger partial charge in [0.15, 0.2) is 0 Å². The highest BCUT2D eigenvalue weighted by Crippen LogP contribution is 2.12. The molecule has 0 saturated heterocycles. The lowest BCUT2D eigenvalue weighted by molar-refractivity contribution is -0.121. The number of amides is 1. The third kappa shape index (κ3) is 17.4. The standard InChI is InChI=1S/C18H37NO2/c1-2-3-4-5-6-7-8-9-10-11-12-13-15-18(21)19-16-14-17-20/h20H,2-17H2,1H3,(H,19,21). The van der Waals surface area contributed by atoms with Crippen LogP contribution in [0.1, 0.15) is 96.8 Å². The van der Waals surface area contributed by atoms with Crippen LogP contribution in [0.5, 0.6) is 0 Å². The minimum absolute atomic E-state index is 0.135. The van der Waals surface area contributed by atoms with Gasteiger partial charge < -0.3 is 10.4 Å². The average molecular weight is 299 g/mol. The molecule has 0 rings (SSSR count). The molecule has 3 nitrogen and oxygen atoms in total. The number of unbranched alkanes of at least 4 members (excludes halogenated alkanes) is 11. The Bertz CT molecular complexity index is 219. The van der Waals surface area contributed by atoms with Gasteiger partial charge in [0.1, 0.15) is 0 Å². The molecule has 0 heterocycles. The minimum atomic E-state index is 0.135. The fourth-order valence-corrected chi connectivity index (χ4v) is 2.52. The van der Waals surface area contributed by atoms with Gasteiger partial charge in [-0.2, -0.15) is 0 Å². The summed E-state index contributed by atoms with van der Waals surface area (Å²) < 4.78 is 0. The van der Waals surface area contributed by atoms with E-state index in [0.717, 1.165) is 6.42 Å². The minimum Gasteiger partial charge on any atom is -0.396 e. The number of hydrogen-bond donors (Lipinski definition) is 2. The van der Waals surface area contributed by atoms with Crippen LogP contribution in [0.2, 0.25) is 0 Å². The molecular weight excluding hydrogens is 262 g/mol. The van der Waals surface area contributed by atoms with Crippen LogP contribution in [-0.2, 0) is 4.79 Å². The fraction of sp³-hybridized carbons (Fsp3) is 0.944. The van der Waals surface area contributed by atoms with Crippen molar-refractivity contribution < 1.29 is 9.90 Å². The first-order valence-electron chi connectivity index (χ1n) is 9.18. The first-order chi connectivity index (χ1) is 10.3. The summed E-state index contributed by atoms with van der Waals surface area (Å²) in [5.41, 5.74) is 0. The highest BCUT2D eigenvalue weighted by atomic mass is 16.3. The topological polar surface area (TPSA) is 49.3 Å². The lowest BCUT2D eigenvalue weighted by Gasteiger charge is -2.04. The highest BCUT2D eigenvalue weighted by molar-refractivity contribution is 5.75. The molecule has 1 amide bonds. The quantitative estimate of drug-likeness (QED) is 0.410. The summed E-state index contributed by atoms with van der Waals surface area (Å²) in [5, 5.41) is 11.4. The monoisotopic (exact) mass is 299 g/mol. The van der Waals surface area contributed by atoms with Crippen molar-refractivity contribution in [3.63, 3.8) is 0 Å². The summed E-state index contributed by atoms with van der Waals surface area (Å²) >= 11 is 0. The first kappa shape index (κ1) is 20.4. The molecule has 21 heavy (non-hydrogen) atoms. The van der Waals surface area contributed by atoms with Gasteiger partial charge in [-0.1, -0.05) is 77.6 Å². The zero-order valence-electron chi connectivity index (χ0n) is 14.2. The van der Waals surface area contributed by atoms with E-state index in [2.05, 4.69) is 12.2 Å². The Morgan fingerprint density at radius 2 is 1.24 bits per heavy atom. The molecule has 2 N–H and O–H groups in total. The molecule has 0 spiro atoms. The van der Waals surface area contributed by atoms with Crippen LogP contribution < -0.4 is 5.32 Å². The molecule has 126 valence electrons. The van der Waals surface area contributed by atoms with Crippen molar-refractivity contribution in [2.75, 3.05) is 13.2 Å². The molecule has 0 unspecified atom stereocenters. The summed E-state index contributed by atoms with van der Waals surface area (Å²) in [5.74, 6) is 0.135. The average Bonchev–Trinajstić information content (AvgIpc) is 2.48. The van der Waals surface area contributed by atoms with Crippen molar-refractivity contribution in [3.05, 3.63) is 0 Å². The van der Waals surface area contributed by atoms with Crippen LogP contribution in [0, 0.1) is 0 Å². The molecule has 0 atom stereocenters. The predicted molar refractivity (Wildman–Crippen MR) is 90.4 cm³/mol. The summed E-state index contributed by atoms with van der Waals surface area (Å²) in [6.07, 6.45) is 17.2. The summed E-state index contributed by atoms with van der Waals surface area (Å²) in [6, 6.07) is 0. The van der Waals surface area contributed by atoms with Crippen molar-refractivity contribution in [3.8, 4) is 0 Å². The SMILES string of the molecule is CCCCCCCCCCCCCCC(=O)NCCCO. The summed E-state index contributed by atoms with van der Waals surface area (Å²) in [6.45, 7) is 3.02.